The summed E-state index contributed by atoms with van der Waals surface area (Å²) in [5, 5.41) is 4.64. The van der Waals surface area contributed by atoms with Gasteiger partial charge in [0, 0.05) is 18.7 Å². The van der Waals surface area contributed by atoms with Crippen molar-refractivity contribution in [3.63, 3.8) is 0 Å². The zero-order valence-corrected chi connectivity index (χ0v) is 21.9. The van der Waals surface area contributed by atoms with Crippen LogP contribution in [0.4, 0.5) is 5.69 Å². The first-order valence-electron chi connectivity index (χ1n) is 11.9. The molecule has 0 saturated carbocycles. The molecule has 1 heterocycles. The van der Waals surface area contributed by atoms with E-state index in [9.17, 15) is 9.59 Å². The van der Waals surface area contributed by atoms with E-state index in [0.717, 1.165) is 41.7 Å². The second kappa shape index (κ2) is 12.0. The lowest BCUT2D eigenvalue weighted by atomic mass is 10.1. The van der Waals surface area contributed by atoms with Crippen molar-refractivity contribution in [2.45, 2.75) is 34.2 Å². The molecule has 3 aromatic rings. The van der Waals surface area contributed by atoms with Crippen LogP contribution in [0.5, 0.6) is 0 Å². The van der Waals surface area contributed by atoms with Crippen molar-refractivity contribution >= 4 is 39.9 Å². The Morgan fingerprint density at radius 1 is 1.09 bits per heavy atom. The van der Waals surface area contributed by atoms with Gasteiger partial charge in [0.2, 0.25) is 0 Å². The summed E-state index contributed by atoms with van der Waals surface area (Å²) in [6, 6.07) is 13.2. The van der Waals surface area contributed by atoms with Crippen molar-refractivity contribution in [1.29, 1.82) is 0 Å². The van der Waals surface area contributed by atoms with E-state index < -0.39 is 5.97 Å². The highest BCUT2D eigenvalue weighted by molar-refractivity contribution is 7.80. The number of aryl methyl sites for hydroxylation is 2. The minimum atomic E-state index is -0.442. The molecule has 35 heavy (non-hydrogen) atoms. The number of aromatic nitrogens is 1. The molecule has 3 rings (SSSR count). The van der Waals surface area contributed by atoms with Gasteiger partial charge in [0.05, 0.1) is 30.4 Å². The fourth-order valence-corrected chi connectivity index (χ4v) is 4.45. The summed E-state index contributed by atoms with van der Waals surface area (Å²) in [6.07, 6.45) is 0. The zero-order valence-electron chi connectivity index (χ0n) is 21.1. The number of para-hydroxylation sites is 1. The van der Waals surface area contributed by atoms with Gasteiger partial charge in [-0.15, -0.1) is 0 Å². The highest BCUT2D eigenvalue weighted by atomic mass is 32.1. The largest absolute Gasteiger partial charge is 0.465 e. The molecule has 2 aromatic carbocycles. The van der Waals surface area contributed by atoms with Crippen molar-refractivity contribution in [1.82, 2.24) is 14.8 Å². The van der Waals surface area contributed by atoms with Crippen molar-refractivity contribution in [3.8, 4) is 0 Å². The summed E-state index contributed by atoms with van der Waals surface area (Å²) in [5.74, 6) is -0.442. The van der Waals surface area contributed by atoms with Gasteiger partial charge in [-0.3, -0.25) is 4.79 Å². The van der Waals surface area contributed by atoms with E-state index in [2.05, 4.69) is 41.2 Å². The van der Waals surface area contributed by atoms with E-state index in [-0.39, 0.29) is 5.56 Å². The quantitative estimate of drug-likeness (QED) is 0.336. The minimum Gasteiger partial charge on any atom is -0.465 e. The molecule has 2 N–H and O–H groups in total. The number of esters is 1. The number of fused-ring (bicyclic) bond motifs is 1. The summed E-state index contributed by atoms with van der Waals surface area (Å²) < 4.78 is 4.91. The number of likely N-dealkylation sites (N-methyl/N-ethyl adjacent to an activating group) is 1. The molecule has 0 saturated heterocycles. The fourth-order valence-electron chi connectivity index (χ4n) is 4.18. The molecule has 0 amide bonds. The molecule has 186 valence electrons. The standard InChI is InChI=1S/C27H34N4O3S/c1-6-30(7-2)12-13-31(27(35)28-23-11-9-8-10-22(23)26(33)34-5)17-21-16-20-15-18(3)14-19(4)24(20)29-25(21)32/h8-11,14-16H,6-7,12-13,17H2,1-5H3,(H,28,35)(H,29,32). The molecule has 0 aliphatic heterocycles. The number of nitrogens with one attached hydrogen (secondary N) is 2. The first-order chi connectivity index (χ1) is 16.8. The Bertz CT molecular complexity index is 1270. The fraction of sp³-hybridized carbons (Fsp3) is 0.370. The maximum Gasteiger partial charge on any atom is 0.339 e. The van der Waals surface area contributed by atoms with Crippen molar-refractivity contribution in [2.24, 2.45) is 0 Å². The lowest BCUT2D eigenvalue weighted by Gasteiger charge is -2.29. The number of H-pyrrole nitrogens is 1. The van der Waals surface area contributed by atoms with E-state index in [0.29, 0.717) is 35.0 Å². The normalized spacial score (nSPS) is 11.0. The summed E-state index contributed by atoms with van der Waals surface area (Å²) in [6.45, 7) is 11.9. The van der Waals surface area contributed by atoms with Crippen LogP contribution in [0.3, 0.4) is 0 Å². The highest BCUT2D eigenvalue weighted by Crippen LogP contribution is 2.20. The Morgan fingerprint density at radius 2 is 1.80 bits per heavy atom. The lowest BCUT2D eigenvalue weighted by Crippen LogP contribution is -2.41. The molecule has 8 heteroatoms. The maximum absolute atomic E-state index is 13.0. The number of thiocarbonyl (C=S) groups is 1. The number of ether oxygens (including phenoxy) is 1. The summed E-state index contributed by atoms with van der Waals surface area (Å²) in [4.78, 5) is 32.5. The number of methoxy groups -OCH3 is 1. The number of benzene rings is 2. The third kappa shape index (κ3) is 6.46. The smallest absolute Gasteiger partial charge is 0.339 e. The van der Waals surface area contributed by atoms with E-state index in [1.165, 1.54) is 7.11 Å². The number of rotatable bonds is 9. The van der Waals surface area contributed by atoms with Gasteiger partial charge in [-0.2, -0.15) is 0 Å². The van der Waals surface area contributed by atoms with Crippen LogP contribution in [-0.4, -0.2) is 59.2 Å². The molecule has 0 fully saturated rings. The Morgan fingerprint density at radius 3 is 2.49 bits per heavy atom. The highest BCUT2D eigenvalue weighted by Gasteiger charge is 2.18. The van der Waals surface area contributed by atoms with Gasteiger partial charge in [-0.25, -0.2) is 4.79 Å². The topological polar surface area (TPSA) is 77.7 Å². The summed E-state index contributed by atoms with van der Waals surface area (Å²) in [5.41, 5.74) is 4.50. The van der Waals surface area contributed by atoms with Crippen LogP contribution in [0.1, 0.15) is 40.9 Å². The molecule has 0 unspecified atom stereocenters. The number of nitrogens with zero attached hydrogens (tertiary/aromatic N) is 2. The van der Waals surface area contributed by atoms with Crippen LogP contribution in [-0.2, 0) is 11.3 Å². The third-order valence-electron chi connectivity index (χ3n) is 6.17. The van der Waals surface area contributed by atoms with Crippen LogP contribution in [0.15, 0.2) is 47.3 Å². The summed E-state index contributed by atoms with van der Waals surface area (Å²) >= 11 is 5.78. The van der Waals surface area contributed by atoms with E-state index in [4.69, 9.17) is 17.0 Å². The molecule has 0 spiro atoms. The predicted molar refractivity (Wildman–Crippen MR) is 146 cm³/mol. The maximum atomic E-state index is 13.0. The second-order valence-electron chi connectivity index (χ2n) is 8.59. The van der Waals surface area contributed by atoms with Crippen molar-refractivity contribution < 1.29 is 9.53 Å². The van der Waals surface area contributed by atoms with Gasteiger partial charge < -0.3 is 24.8 Å². The molecular formula is C27H34N4O3S. The number of hydrogen-bond donors (Lipinski definition) is 2. The Labute approximate surface area is 212 Å². The third-order valence-corrected chi connectivity index (χ3v) is 6.53. The molecule has 0 atom stereocenters. The number of aromatic amines is 1. The monoisotopic (exact) mass is 494 g/mol. The zero-order chi connectivity index (χ0) is 25.5. The molecule has 0 aliphatic rings. The number of hydrogen-bond acceptors (Lipinski definition) is 5. The van der Waals surface area contributed by atoms with Gasteiger partial charge in [0.1, 0.15) is 0 Å². The Kier molecular flexibility index (Phi) is 9.01. The number of carbonyl (C=O) groups is 1. The first-order valence-corrected chi connectivity index (χ1v) is 12.3. The van der Waals surface area contributed by atoms with Crippen LogP contribution >= 0.6 is 12.2 Å². The van der Waals surface area contributed by atoms with Gasteiger partial charge in [0.25, 0.3) is 5.56 Å². The Balaban J connectivity index is 1.93. The molecule has 7 nitrogen and oxygen atoms in total. The van der Waals surface area contributed by atoms with Crippen LogP contribution in [0, 0.1) is 13.8 Å². The van der Waals surface area contributed by atoms with Crippen LogP contribution in [0.2, 0.25) is 0 Å². The van der Waals surface area contributed by atoms with Gasteiger partial charge in [-0.1, -0.05) is 37.6 Å². The molecular weight excluding hydrogens is 460 g/mol. The predicted octanol–water partition coefficient (Wildman–Crippen LogP) is 4.47. The van der Waals surface area contributed by atoms with Crippen LogP contribution in [0.25, 0.3) is 10.9 Å². The second-order valence-corrected chi connectivity index (χ2v) is 8.97. The van der Waals surface area contributed by atoms with Crippen molar-refractivity contribution in [3.05, 3.63) is 75.1 Å². The van der Waals surface area contributed by atoms with Crippen molar-refractivity contribution in [2.75, 3.05) is 38.6 Å². The Hall–Kier alpha value is -3.23. The molecule has 0 aliphatic carbocycles. The van der Waals surface area contributed by atoms with Gasteiger partial charge >= 0.3 is 5.97 Å². The van der Waals surface area contributed by atoms with Crippen LogP contribution < -0.4 is 10.9 Å². The molecule has 1 aromatic heterocycles. The van der Waals surface area contributed by atoms with E-state index >= 15 is 0 Å². The molecule has 0 radical (unpaired) electrons. The molecule has 0 bridgehead atoms. The average Bonchev–Trinajstić information content (AvgIpc) is 2.84. The SMILES string of the molecule is CCN(CC)CCN(Cc1cc2cc(C)cc(C)c2[nH]c1=O)C(=S)Nc1ccccc1C(=O)OC. The van der Waals surface area contributed by atoms with Gasteiger partial charge in [0.15, 0.2) is 5.11 Å². The van der Waals surface area contributed by atoms with E-state index in [1.807, 2.05) is 30.9 Å². The number of pyridine rings is 1. The lowest BCUT2D eigenvalue weighted by molar-refractivity contribution is 0.0602. The van der Waals surface area contributed by atoms with E-state index in [1.54, 1.807) is 18.2 Å². The number of carbonyl (C=O) groups excluding carboxylic acids is 1. The minimum absolute atomic E-state index is 0.130. The first kappa shape index (κ1) is 26.4. The van der Waals surface area contributed by atoms with Gasteiger partial charge in [-0.05, 0) is 74.4 Å². The number of anilines is 1. The summed E-state index contributed by atoms with van der Waals surface area (Å²) in [7, 11) is 1.35. The average molecular weight is 495 g/mol.